The molecule has 0 amide bonds. The second kappa shape index (κ2) is 6.10. The first kappa shape index (κ1) is 16.5. The SMILES string of the molecule is Cc1ccc(S(N)(=O)=O)cc1NCc1cn(C(C)C)nc1C. The number of nitrogens with one attached hydrogen (secondary N) is 1. The van der Waals surface area contributed by atoms with Gasteiger partial charge in [0.25, 0.3) is 0 Å². The molecule has 0 spiro atoms. The highest BCUT2D eigenvalue weighted by Crippen LogP contribution is 2.21. The molecule has 0 unspecified atom stereocenters. The number of nitrogens with zero attached hydrogens (tertiary/aromatic N) is 2. The van der Waals surface area contributed by atoms with Gasteiger partial charge in [0.15, 0.2) is 0 Å². The number of hydrogen-bond acceptors (Lipinski definition) is 4. The van der Waals surface area contributed by atoms with Crippen LogP contribution in [0.4, 0.5) is 5.69 Å². The largest absolute Gasteiger partial charge is 0.381 e. The van der Waals surface area contributed by atoms with Crippen molar-refractivity contribution >= 4 is 15.7 Å². The molecule has 7 heteroatoms. The van der Waals surface area contributed by atoms with Crippen LogP contribution in [0.5, 0.6) is 0 Å². The molecule has 3 N–H and O–H groups in total. The third-order valence-corrected chi connectivity index (χ3v) is 4.47. The van der Waals surface area contributed by atoms with Crippen molar-refractivity contribution < 1.29 is 8.42 Å². The van der Waals surface area contributed by atoms with Gasteiger partial charge in [0.1, 0.15) is 0 Å². The van der Waals surface area contributed by atoms with Gasteiger partial charge in [-0.2, -0.15) is 5.10 Å². The van der Waals surface area contributed by atoms with E-state index in [1.165, 1.54) is 6.07 Å². The lowest BCUT2D eigenvalue weighted by Gasteiger charge is -2.10. The highest BCUT2D eigenvalue weighted by Gasteiger charge is 2.11. The van der Waals surface area contributed by atoms with Crippen LogP contribution < -0.4 is 10.5 Å². The summed E-state index contributed by atoms with van der Waals surface area (Å²) in [6.07, 6.45) is 2.01. The standard InChI is InChI=1S/C15H22N4O2S/c1-10(2)19-9-13(12(4)18-19)8-17-15-7-14(22(16,20)21)6-5-11(15)3/h5-7,9-10,17H,8H2,1-4H3,(H2,16,20,21). The second-order valence-corrected chi connectivity index (χ2v) is 7.25. The Morgan fingerprint density at radius 2 is 2.00 bits per heavy atom. The maximum Gasteiger partial charge on any atom is 0.238 e. The molecular weight excluding hydrogens is 300 g/mol. The summed E-state index contributed by atoms with van der Waals surface area (Å²) in [4.78, 5) is 0.107. The Kier molecular flexibility index (Phi) is 4.58. The predicted octanol–water partition coefficient (Wildman–Crippen LogP) is 2.34. The summed E-state index contributed by atoms with van der Waals surface area (Å²) in [5.41, 5.74) is 3.75. The number of benzene rings is 1. The average molecular weight is 322 g/mol. The first-order chi connectivity index (χ1) is 10.2. The van der Waals surface area contributed by atoms with E-state index >= 15 is 0 Å². The zero-order chi connectivity index (χ0) is 16.5. The predicted molar refractivity (Wildman–Crippen MR) is 87.2 cm³/mol. The summed E-state index contributed by atoms with van der Waals surface area (Å²) >= 11 is 0. The molecule has 0 saturated carbocycles. The Bertz CT molecular complexity index is 779. The first-order valence-electron chi connectivity index (χ1n) is 7.10. The van der Waals surface area contributed by atoms with E-state index in [2.05, 4.69) is 24.3 Å². The van der Waals surface area contributed by atoms with E-state index < -0.39 is 10.0 Å². The van der Waals surface area contributed by atoms with Crippen molar-refractivity contribution in [2.45, 2.75) is 45.2 Å². The number of nitrogens with two attached hydrogens (primary N) is 1. The minimum Gasteiger partial charge on any atom is -0.381 e. The van der Waals surface area contributed by atoms with Crippen LogP contribution >= 0.6 is 0 Å². The fourth-order valence-corrected chi connectivity index (χ4v) is 2.66. The molecule has 0 aliphatic carbocycles. The zero-order valence-corrected chi connectivity index (χ0v) is 14.1. The van der Waals surface area contributed by atoms with Crippen LogP contribution in [-0.4, -0.2) is 18.2 Å². The lowest BCUT2D eigenvalue weighted by atomic mass is 10.2. The molecular formula is C15H22N4O2S. The van der Waals surface area contributed by atoms with E-state index in [4.69, 9.17) is 5.14 Å². The third-order valence-electron chi connectivity index (χ3n) is 3.55. The highest BCUT2D eigenvalue weighted by atomic mass is 32.2. The molecule has 1 heterocycles. The second-order valence-electron chi connectivity index (χ2n) is 5.69. The van der Waals surface area contributed by atoms with E-state index in [1.54, 1.807) is 12.1 Å². The summed E-state index contributed by atoms with van der Waals surface area (Å²) in [6.45, 7) is 8.60. The van der Waals surface area contributed by atoms with Crippen molar-refractivity contribution in [2.75, 3.05) is 5.32 Å². The van der Waals surface area contributed by atoms with E-state index in [1.807, 2.05) is 24.7 Å². The van der Waals surface area contributed by atoms with Gasteiger partial charge >= 0.3 is 0 Å². The Morgan fingerprint density at radius 1 is 1.32 bits per heavy atom. The van der Waals surface area contributed by atoms with Crippen LogP contribution in [0.25, 0.3) is 0 Å². The zero-order valence-electron chi connectivity index (χ0n) is 13.3. The molecule has 2 rings (SSSR count). The van der Waals surface area contributed by atoms with Gasteiger partial charge in [-0.05, 0) is 45.4 Å². The molecule has 1 aromatic carbocycles. The maximum absolute atomic E-state index is 11.4. The fourth-order valence-electron chi connectivity index (χ4n) is 2.12. The number of sulfonamides is 1. The number of aromatic nitrogens is 2. The molecule has 0 fully saturated rings. The van der Waals surface area contributed by atoms with Crippen molar-refractivity contribution in [1.82, 2.24) is 9.78 Å². The van der Waals surface area contributed by atoms with Crippen LogP contribution in [0.1, 0.15) is 36.7 Å². The average Bonchev–Trinajstić information content (AvgIpc) is 2.78. The van der Waals surface area contributed by atoms with Gasteiger partial charge in [0.05, 0.1) is 10.6 Å². The highest BCUT2D eigenvalue weighted by molar-refractivity contribution is 7.89. The summed E-state index contributed by atoms with van der Waals surface area (Å²) < 4.78 is 24.8. The van der Waals surface area contributed by atoms with Crippen molar-refractivity contribution in [3.8, 4) is 0 Å². The molecule has 0 aliphatic rings. The lowest BCUT2D eigenvalue weighted by molar-refractivity contribution is 0.529. The van der Waals surface area contributed by atoms with Crippen LogP contribution in [-0.2, 0) is 16.6 Å². The van der Waals surface area contributed by atoms with Gasteiger partial charge in [-0.1, -0.05) is 6.07 Å². The molecule has 0 radical (unpaired) electrons. The molecule has 0 bridgehead atoms. The molecule has 1 aromatic heterocycles. The number of primary sulfonamides is 1. The normalized spacial score (nSPS) is 11.9. The Morgan fingerprint density at radius 3 is 2.55 bits per heavy atom. The number of hydrogen-bond donors (Lipinski definition) is 2. The van der Waals surface area contributed by atoms with E-state index in [-0.39, 0.29) is 4.90 Å². The summed E-state index contributed by atoms with van der Waals surface area (Å²) in [5, 5.41) is 12.9. The monoisotopic (exact) mass is 322 g/mol. The van der Waals surface area contributed by atoms with Crippen molar-refractivity contribution in [1.29, 1.82) is 0 Å². The molecule has 0 saturated heterocycles. The molecule has 0 aliphatic heterocycles. The minimum atomic E-state index is -3.70. The van der Waals surface area contributed by atoms with Crippen molar-refractivity contribution in [2.24, 2.45) is 5.14 Å². The molecule has 0 atom stereocenters. The fraction of sp³-hybridized carbons (Fsp3) is 0.400. The van der Waals surface area contributed by atoms with Crippen LogP contribution in [0, 0.1) is 13.8 Å². The van der Waals surface area contributed by atoms with E-state index in [9.17, 15) is 8.42 Å². The maximum atomic E-state index is 11.4. The lowest BCUT2D eigenvalue weighted by Crippen LogP contribution is -2.13. The third kappa shape index (κ3) is 3.66. The number of aryl methyl sites for hydroxylation is 2. The molecule has 2 aromatic rings. The molecule has 6 nitrogen and oxygen atoms in total. The number of anilines is 1. The Hall–Kier alpha value is -1.86. The van der Waals surface area contributed by atoms with Gasteiger partial charge in [-0.25, -0.2) is 13.6 Å². The summed E-state index contributed by atoms with van der Waals surface area (Å²) in [6, 6.07) is 5.12. The van der Waals surface area contributed by atoms with E-state index in [0.29, 0.717) is 12.6 Å². The summed E-state index contributed by atoms with van der Waals surface area (Å²) in [7, 11) is -3.70. The van der Waals surface area contributed by atoms with Crippen molar-refractivity contribution in [3.05, 3.63) is 41.2 Å². The van der Waals surface area contributed by atoms with Crippen LogP contribution in [0.15, 0.2) is 29.3 Å². The number of rotatable bonds is 5. The first-order valence-corrected chi connectivity index (χ1v) is 8.65. The van der Waals surface area contributed by atoms with Crippen LogP contribution in [0.3, 0.4) is 0 Å². The van der Waals surface area contributed by atoms with E-state index in [0.717, 1.165) is 22.5 Å². The van der Waals surface area contributed by atoms with Crippen LogP contribution in [0.2, 0.25) is 0 Å². The summed E-state index contributed by atoms with van der Waals surface area (Å²) in [5.74, 6) is 0. The minimum absolute atomic E-state index is 0.107. The topological polar surface area (TPSA) is 90.0 Å². The smallest absolute Gasteiger partial charge is 0.238 e. The van der Waals surface area contributed by atoms with Gasteiger partial charge < -0.3 is 5.32 Å². The van der Waals surface area contributed by atoms with Gasteiger partial charge in [-0.15, -0.1) is 0 Å². The van der Waals surface area contributed by atoms with Gasteiger partial charge in [0.2, 0.25) is 10.0 Å². The Balaban J connectivity index is 2.21. The molecule has 120 valence electrons. The van der Waals surface area contributed by atoms with Gasteiger partial charge in [0, 0.05) is 30.0 Å². The molecule has 22 heavy (non-hydrogen) atoms. The van der Waals surface area contributed by atoms with Crippen molar-refractivity contribution in [3.63, 3.8) is 0 Å². The Labute approximate surface area is 131 Å². The van der Waals surface area contributed by atoms with Gasteiger partial charge in [-0.3, -0.25) is 4.68 Å². The quantitative estimate of drug-likeness (QED) is 0.884.